The van der Waals surface area contributed by atoms with E-state index in [1.54, 1.807) is 23.4 Å². The van der Waals surface area contributed by atoms with Crippen LogP contribution in [0.4, 0.5) is 16.4 Å². The highest BCUT2D eigenvalue weighted by Gasteiger charge is 2.35. The summed E-state index contributed by atoms with van der Waals surface area (Å²) in [4.78, 5) is 22.2. The fraction of sp³-hybridized carbons (Fsp3) is 0.320. The number of amides is 1. The molecule has 8 heteroatoms. The minimum absolute atomic E-state index is 0.0448. The van der Waals surface area contributed by atoms with Gasteiger partial charge in [-0.1, -0.05) is 11.8 Å². The van der Waals surface area contributed by atoms with E-state index in [4.69, 9.17) is 15.2 Å². The zero-order valence-electron chi connectivity index (χ0n) is 19.2. The molecule has 0 unspecified atom stereocenters. The molecule has 0 atom stereocenters. The normalized spacial score (nSPS) is 13.6. The van der Waals surface area contributed by atoms with Crippen molar-refractivity contribution in [3.05, 3.63) is 53.9 Å². The lowest BCUT2D eigenvalue weighted by atomic mass is 10.1. The average molecular weight is 446 g/mol. The lowest BCUT2D eigenvalue weighted by Gasteiger charge is -2.39. The van der Waals surface area contributed by atoms with E-state index in [2.05, 4.69) is 27.1 Å². The van der Waals surface area contributed by atoms with Crippen LogP contribution in [0.15, 0.2) is 42.7 Å². The van der Waals surface area contributed by atoms with Gasteiger partial charge in [0.15, 0.2) is 0 Å². The van der Waals surface area contributed by atoms with Gasteiger partial charge in [-0.15, -0.1) is 0 Å². The number of benzene rings is 1. The number of ether oxygens (including phenoxy) is 2. The van der Waals surface area contributed by atoms with Crippen molar-refractivity contribution in [3.63, 3.8) is 0 Å². The van der Waals surface area contributed by atoms with E-state index in [9.17, 15) is 4.79 Å². The summed E-state index contributed by atoms with van der Waals surface area (Å²) in [7, 11) is 1.81. The summed E-state index contributed by atoms with van der Waals surface area (Å²) in [5.41, 5.74) is 6.99. The van der Waals surface area contributed by atoms with Crippen molar-refractivity contribution in [1.29, 1.82) is 0 Å². The molecule has 1 fully saturated rings. The van der Waals surface area contributed by atoms with Crippen LogP contribution in [0.25, 0.3) is 10.8 Å². The Kier molecular flexibility index (Phi) is 5.97. The van der Waals surface area contributed by atoms with E-state index in [0.29, 0.717) is 18.9 Å². The molecule has 33 heavy (non-hydrogen) atoms. The number of anilines is 2. The average Bonchev–Trinajstić information content (AvgIpc) is 2.73. The van der Waals surface area contributed by atoms with Crippen molar-refractivity contribution in [2.45, 2.75) is 32.5 Å². The van der Waals surface area contributed by atoms with Crippen molar-refractivity contribution >= 4 is 28.5 Å². The lowest BCUT2D eigenvalue weighted by Crippen LogP contribution is -2.57. The predicted molar refractivity (Wildman–Crippen MR) is 128 cm³/mol. The molecule has 0 spiro atoms. The number of hydrogen-bond donors (Lipinski definition) is 2. The van der Waals surface area contributed by atoms with E-state index >= 15 is 0 Å². The van der Waals surface area contributed by atoms with Crippen LogP contribution in [-0.2, 0) is 4.74 Å². The first-order chi connectivity index (χ1) is 15.7. The number of carbonyl (C=O) groups excluding carboxylic acids is 1. The highest BCUT2D eigenvalue weighted by atomic mass is 16.6. The third kappa shape index (κ3) is 5.26. The van der Waals surface area contributed by atoms with E-state index < -0.39 is 5.60 Å². The van der Waals surface area contributed by atoms with E-state index in [-0.39, 0.29) is 12.2 Å². The van der Waals surface area contributed by atoms with Gasteiger partial charge in [0.2, 0.25) is 0 Å². The molecule has 3 N–H and O–H groups in total. The van der Waals surface area contributed by atoms with Crippen LogP contribution >= 0.6 is 0 Å². The summed E-state index contributed by atoms with van der Waals surface area (Å²) in [6, 6.07) is 9.36. The van der Waals surface area contributed by atoms with Gasteiger partial charge in [0.05, 0.1) is 18.7 Å². The van der Waals surface area contributed by atoms with Gasteiger partial charge in [-0.05, 0) is 51.1 Å². The highest BCUT2D eigenvalue weighted by molar-refractivity contribution is 5.96. The van der Waals surface area contributed by atoms with Gasteiger partial charge < -0.3 is 25.4 Å². The first kappa shape index (κ1) is 22.2. The van der Waals surface area contributed by atoms with Crippen molar-refractivity contribution in [1.82, 2.24) is 14.9 Å². The van der Waals surface area contributed by atoms with Gasteiger partial charge in [-0.2, -0.15) is 0 Å². The summed E-state index contributed by atoms with van der Waals surface area (Å²) in [6.07, 6.45) is 3.07. The summed E-state index contributed by atoms with van der Waals surface area (Å²) < 4.78 is 11.3. The second kappa shape index (κ2) is 8.87. The number of nitrogens with two attached hydrogens (primary N) is 1. The molecule has 8 nitrogen and oxygen atoms in total. The molecule has 0 bridgehead atoms. The van der Waals surface area contributed by atoms with Gasteiger partial charge in [-0.25, -0.2) is 14.8 Å². The molecule has 3 heterocycles. The van der Waals surface area contributed by atoms with E-state index in [0.717, 1.165) is 33.5 Å². The number of likely N-dealkylation sites (tertiary alicyclic amines) is 1. The van der Waals surface area contributed by atoms with Gasteiger partial charge in [0.1, 0.15) is 29.1 Å². The highest BCUT2D eigenvalue weighted by Crippen LogP contribution is 2.25. The number of fused-ring (bicyclic) bond motifs is 1. The topological polar surface area (TPSA) is 103 Å². The van der Waals surface area contributed by atoms with Crippen LogP contribution in [0.5, 0.6) is 5.75 Å². The Bertz CT molecular complexity index is 1230. The Labute approximate surface area is 193 Å². The molecule has 1 aliphatic heterocycles. The minimum Gasteiger partial charge on any atom is -0.487 e. The van der Waals surface area contributed by atoms with Gasteiger partial charge in [0, 0.05) is 35.8 Å². The maximum Gasteiger partial charge on any atom is 0.410 e. The lowest BCUT2D eigenvalue weighted by molar-refractivity contribution is -0.0221. The molecule has 170 valence electrons. The molecular weight excluding hydrogens is 418 g/mol. The molecule has 3 aromatic rings. The van der Waals surface area contributed by atoms with Crippen molar-refractivity contribution < 1.29 is 14.3 Å². The van der Waals surface area contributed by atoms with Gasteiger partial charge >= 0.3 is 6.09 Å². The van der Waals surface area contributed by atoms with Crippen LogP contribution in [0, 0.1) is 11.8 Å². The zero-order chi connectivity index (χ0) is 23.6. The number of nitrogens with zero attached hydrogens (tertiary/aromatic N) is 3. The number of hydrogen-bond acceptors (Lipinski definition) is 7. The number of pyridine rings is 2. The number of nitrogens with one attached hydrogen (secondary N) is 1. The smallest absolute Gasteiger partial charge is 0.410 e. The Morgan fingerprint density at radius 3 is 2.52 bits per heavy atom. The Morgan fingerprint density at radius 1 is 1.12 bits per heavy atom. The monoisotopic (exact) mass is 445 g/mol. The molecule has 1 saturated heterocycles. The predicted octanol–water partition coefficient (Wildman–Crippen LogP) is 3.65. The van der Waals surface area contributed by atoms with Gasteiger partial charge in [-0.3, -0.25) is 0 Å². The maximum absolute atomic E-state index is 12.0. The minimum atomic E-state index is -0.499. The SMILES string of the molecule is CNc1ncc(C#Cc2ccc(OC3CN(C(=O)OC(C)(C)C)C3)cc2)c2cc(N)ncc12. The Balaban J connectivity index is 1.40. The standard InChI is InChI=1S/C25H27N5O3/c1-25(2,3)33-24(31)30-14-19(15-30)32-18-9-6-16(7-10-18)5-8-17-12-29-23(27-4)21-13-28-22(26)11-20(17)21/h6-7,9-13,19H,14-15H2,1-4H3,(H2,26,28)(H,27,29). The third-order valence-corrected chi connectivity index (χ3v) is 5.03. The number of aromatic nitrogens is 2. The van der Waals surface area contributed by atoms with Crippen LogP contribution in [0.3, 0.4) is 0 Å². The zero-order valence-corrected chi connectivity index (χ0v) is 19.2. The van der Waals surface area contributed by atoms with Gasteiger partial charge in [0.25, 0.3) is 0 Å². The first-order valence-corrected chi connectivity index (χ1v) is 10.7. The summed E-state index contributed by atoms with van der Waals surface area (Å²) in [5, 5.41) is 4.82. The van der Waals surface area contributed by atoms with Crippen molar-refractivity contribution in [2.24, 2.45) is 0 Å². The van der Waals surface area contributed by atoms with Crippen LogP contribution in [-0.4, -0.2) is 52.8 Å². The number of nitrogen functional groups attached to an aromatic ring is 1. The molecular formula is C25H27N5O3. The van der Waals surface area contributed by atoms with Crippen molar-refractivity contribution in [3.8, 4) is 17.6 Å². The summed E-state index contributed by atoms with van der Waals surface area (Å²) in [6.45, 7) is 6.58. The fourth-order valence-corrected chi connectivity index (χ4v) is 3.39. The number of rotatable bonds is 3. The molecule has 0 radical (unpaired) electrons. The molecule has 4 rings (SSSR count). The molecule has 1 aromatic carbocycles. The maximum atomic E-state index is 12.0. The fourth-order valence-electron chi connectivity index (χ4n) is 3.39. The molecule has 1 aliphatic rings. The second-order valence-electron chi connectivity index (χ2n) is 8.82. The summed E-state index contributed by atoms with van der Waals surface area (Å²) >= 11 is 0. The Hall–Kier alpha value is -3.99. The molecule has 1 amide bonds. The van der Waals surface area contributed by atoms with Crippen LogP contribution < -0.4 is 15.8 Å². The second-order valence-corrected chi connectivity index (χ2v) is 8.82. The third-order valence-electron chi connectivity index (χ3n) is 5.03. The van der Waals surface area contributed by atoms with E-state index in [1.165, 1.54) is 0 Å². The largest absolute Gasteiger partial charge is 0.487 e. The molecule has 0 saturated carbocycles. The summed E-state index contributed by atoms with van der Waals surface area (Å²) in [5.74, 6) is 8.24. The number of carbonyl (C=O) groups is 1. The van der Waals surface area contributed by atoms with E-state index in [1.807, 2.05) is 52.1 Å². The Morgan fingerprint density at radius 2 is 1.85 bits per heavy atom. The van der Waals surface area contributed by atoms with Crippen LogP contribution in [0.2, 0.25) is 0 Å². The molecule has 0 aliphatic carbocycles. The van der Waals surface area contributed by atoms with Crippen LogP contribution in [0.1, 0.15) is 31.9 Å². The quantitative estimate of drug-likeness (QED) is 0.593. The molecule has 2 aromatic heterocycles. The first-order valence-electron chi connectivity index (χ1n) is 10.7. The van der Waals surface area contributed by atoms with Crippen molar-refractivity contribution in [2.75, 3.05) is 31.2 Å².